The molecular formula is C20H26BrNO6S. The first kappa shape index (κ1) is 22.2. The molecule has 1 heterocycles. The molecule has 0 aromatic heterocycles. The quantitative estimate of drug-likeness (QED) is 0.593. The van der Waals surface area contributed by atoms with Gasteiger partial charge in [-0.25, -0.2) is 8.42 Å². The molecule has 2 atom stereocenters. The van der Waals surface area contributed by atoms with Gasteiger partial charge in [0.05, 0.1) is 17.1 Å². The Balaban J connectivity index is 1.74. The second kappa shape index (κ2) is 8.73. The molecule has 160 valence electrons. The van der Waals surface area contributed by atoms with Crippen molar-refractivity contribution in [1.82, 2.24) is 4.90 Å². The van der Waals surface area contributed by atoms with Crippen LogP contribution in [0.4, 0.5) is 0 Å². The fraction of sp³-hybridized carbons (Fsp3) is 0.600. The number of rotatable bonds is 5. The van der Waals surface area contributed by atoms with Crippen LogP contribution in [0.1, 0.15) is 39.5 Å². The van der Waals surface area contributed by atoms with Crippen LogP contribution >= 0.6 is 15.9 Å². The molecule has 1 aromatic rings. The molecule has 1 aliphatic carbocycles. The van der Waals surface area contributed by atoms with Gasteiger partial charge in [0.2, 0.25) is 0 Å². The maximum atomic E-state index is 13.3. The zero-order chi connectivity index (χ0) is 21.2. The molecule has 3 rings (SSSR count). The van der Waals surface area contributed by atoms with Gasteiger partial charge in [-0.2, -0.15) is 0 Å². The molecule has 1 aliphatic heterocycles. The number of nitrogens with zero attached hydrogens (tertiary/aromatic N) is 1. The van der Waals surface area contributed by atoms with E-state index in [0.717, 1.165) is 4.47 Å². The van der Waals surface area contributed by atoms with Crippen molar-refractivity contribution in [2.24, 2.45) is 0 Å². The summed E-state index contributed by atoms with van der Waals surface area (Å²) >= 11 is 3.29. The number of hydrogen-bond acceptors (Lipinski definition) is 6. The lowest BCUT2D eigenvalue weighted by Crippen LogP contribution is -2.50. The minimum atomic E-state index is -3.95. The Kier molecular flexibility index (Phi) is 6.70. The second-order valence-electron chi connectivity index (χ2n) is 7.79. The minimum Gasteiger partial charge on any atom is -0.454 e. The molecule has 2 aliphatic rings. The van der Waals surface area contributed by atoms with Gasteiger partial charge in [-0.3, -0.25) is 9.59 Å². The molecule has 1 amide bonds. The number of sulfone groups is 1. The predicted octanol–water partition coefficient (Wildman–Crippen LogP) is 2.71. The van der Waals surface area contributed by atoms with Gasteiger partial charge in [-0.1, -0.05) is 28.8 Å². The maximum absolute atomic E-state index is 13.3. The van der Waals surface area contributed by atoms with Crippen LogP contribution < -0.4 is 0 Å². The standard InChI is InChI=1S/C20H26BrNO6S/c1-14-11-22(12-15(2)28-14)18(23)13-27-19(24)20(9-3-4-10-20)29(25,26)17-7-5-16(21)6-8-17/h5-8,14-15H,3-4,9-13H2,1-2H3. The van der Waals surface area contributed by atoms with Crippen LogP contribution in [-0.4, -0.2) is 61.8 Å². The number of carbonyl (C=O) groups is 2. The van der Waals surface area contributed by atoms with E-state index in [1.807, 2.05) is 13.8 Å². The van der Waals surface area contributed by atoms with Crippen molar-refractivity contribution in [3.63, 3.8) is 0 Å². The van der Waals surface area contributed by atoms with Gasteiger partial charge in [-0.05, 0) is 51.0 Å². The Morgan fingerprint density at radius 1 is 1.14 bits per heavy atom. The molecule has 2 unspecified atom stereocenters. The van der Waals surface area contributed by atoms with Crippen molar-refractivity contribution in [3.05, 3.63) is 28.7 Å². The third kappa shape index (κ3) is 4.51. The molecule has 7 nitrogen and oxygen atoms in total. The Bertz CT molecular complexity index is 853. The summed E-state index contributed by atoms with van der Waals surface area (Å²) in [4.78, 5) is 27.2. The molecule has 1 saturated heterocycles. The van der Waals surface area contributed by atoms with Gasteiger partial charge in [0.1, 0.15) is 0 Å². The van der Waals surface area contributed by atoms with Crippen molar-refractivity contribution in [3.8, 4) is 0 Å². The van der Waals surface area contributed by atoms with Crippen molar-refractivity contribution >= 4 is 37.6 Å². The fourth-order valence-corrected chi connectivity index (χ4v) is 6.41. The monoisotopic (exact) mass is 487 g/mol. The molecular weight excluding hydrogens is 462 g/mol. The van der Waals surface area contributed by atoms with Gasteiger partial charge >= 0.3 is 5.97 Å². The predicted molar refractivity (Wildman–Crippen MR) is 110 cm³/mol. The maximum Gasteiger partial charge on any atom is 0.328 e. The van der Waals surface area contributed by atoms with Crippen LogP contribution in [0.2, 0.25) is 0 Å². The molecule has 29 heavy (non-hydrogen) atoms. The highest BCUT2D eigenvalue weighted by Gasteiger charge is 2.54. The smallest absolute Gasteiger partial charge is 0.328 e. The van der Waals surface area contributed by atoms with Crippen molar-refractivity contribution in [2.45, 2.75) is 61.4 Å². The van der Waals surface area contributed by atoms with E-state index in [9.17, 15) is 18.0 Å². The summed E-state index contributed by atoms with van der Waals surface area (Å²) in [5.74, 6) is -1.17. The molecule has 1 saturated carbocycles. The summed E-state index contributed by atoms with van der Waals surface area (Å²) in [6, 6.07) is 6.22. The van der Waals surface area contributed by atoms with Gasteiger partial charge in [0.25, 0.3) is 5.91 Å². The summed E-state index contributed by atoms with van der Waals surface area (Å²) in [6.07, 6.45) is 1.44. The van der Waals surface area contributed by atoms with E-state index in [4.69, 9.17) is 9.47 Å². The molecule has 0 radical (unpaired) electrons. The van der Waals surface area contributed by atoms with Crippen LogP contribution in [0.3, 0.4) is 0 Å². The highest BCUT2D eigenvalue weighted by Crippen LogP contribution is 2.41. The third-order valence-electron chi connectivity index (χ3n) is 5.52. The largest absolute Gasteiger partial charge is 0.454 e. The summed E-state index contributed by atoms with van der Waals surface area (Å²) in [6.45, 7) is 4.13. The highest BCUT2D eigenvalue weighted by atomic mass is 79.9. The first-order chi connectivity index (χ1) is 13.7. The van der Waals surface area contributed by atoms with E-state index >= 15 is 0 Å². The molecule has 0 bridgehead atoms. The van der Waals surface area contributed by atoms with E-state index in [1.165, 1.54) is 12.1 Å². The van der Waals surface area contributed by atoms with E-state index in [2.05, 4.69) is 15.9 Å². The lowest BCUT2D eigenvalue weighted by Gasteiger charge is -2.35. The van der Waals surface area contributed by atoms with Crippen LogP contribution in [0.25, 0.3) is 0 Å². The third-order valence-corrected chi connectivity index (χ3v) is 8.55. The highest BCUT2D eigenvalue weighted by molar-refractivity contribution is 9.10. The first-order valence-electron chi connectivity index (χ1n) is 9.76. The van der Waals surface area contributed by atoms with Crippen LogP contribution in [0, 0.1) is 0 Å². The number of hydrogen-bond donors (Lipinski definition) is 0. The van der Waals surface area contributed by atoms with Gasteiger partial charge in [0, 0.05) is 17.6 Å². The number of amides is 1. The van der Waals surface area contributed by atoms with E-state index in [0.29, 0.717) is 25.9 Å². The van der Waals surface area contributed by atoms with E-state index in [-0.39, 0.29) is 35.9 Å². The summed E-state index contributed by atoms with van der Waals surface area (Å²) in [5, 5.41) is 0. The fourth-order valence-electron chi connectivity index (χ4n) is 4.10. The minimum absolute atomic E-state index is 0.0849. The number of esters is 1. The van der Waals surface area contributed by atoms with Gasteiger partial charge < -0.3 is 14.4 Å². The zero-order valence-electron chi connectivity index (χ0n) is 16.6. The molecule has 1 aromatic carbocycles. The number of carbonyl (C=O) groups excluding carboxylic acids is 2. The number of morpholine rings is 1. The second-order valence-corrected chi connectivity index (χ2v) is 11.0. The first-order valence-corrected chi connectivity index (χ1v) is 12.0. The Morgan fingerprint density at radius 2 is 1.69 bits per heavy atom. The number of halogens is 1. The summed E-state index contributed by atoms with van der Waals surface area (Å²) in [7, 11) is -3.95. The van der Waals surface area contributed by atoms with Gasteiger partial charge in [0.15, 0.2) is 21.2 Å². The average Bonchev–Trinajstić information content (AvgIpc) is 3.17. The van der Waals surface area contributed by atoms with Crippen molar-refractivity contribution in [2.75, 3.05) is 19.7 Å². The van der Waals surface area contributed by atoms with Crippen LogP contribution in [0.5, 0.6) is 0 Å². The Morgan fingerprint density at radius 3 is 2.24 bits per heavy atom. The lowest BCUT2D eigenvalue weighted by molar-refractivity contribution is -0.158. The normalized spacial score (nSPS) is 24.3. The van der Waals surface area contributed by atoms with Crippen molar-refractivity contribution < 1.29 is 27.5 Å². The summed E-state index contributed by atoms with van der Waals surface area (Å²) in [5.41, 5.74) is 0. The van der Waals surface area contributed by atoms with Crippen LogP contribution in [0.15, 0.2) is 33.6 Å². The molecule has 9 heteroatoms. The number of benzene rings is 1. The SMILES string of the molecule is CC1CN(C(=O)COC(=O)C2(S(=O)(=O)c3ccc(Br)cc3)CCCC2)CC(C)O1. The Labute approximate surface area is 179 Å². The average molecular weight is 488 g/mol. The topological polar surface area (TPSA) is 90.0 Å². The molecule has 2 fully saturated rings. The molecule has 0 N–H and O–H groups in total. The van der Waals surface area contributed by atoms with E-state index < -0.39 is 27.2 Å². The van der Waals surface area contributed by atoms with Crippen molar-refractivity contribution in [1.29, 1.82) is 0 Å². The van der Waals surface area contributed by atoms with Gasteiger partial charge in [-0.15, -0.1) is 0 Å². The van der Waals surface area contributed by atoms with E-state index in [1.54, 1.807) is 17.0 Å². The van der Waals surface area contributed by atoms with Crippen LogP contribution in [-0.2, 0) is 28.9 Å². The zero-order valence-corrected chi connectivity index (χ0v) is 19.0. The Hall–Kier alpha value is -1.45. The lowest BCUT2D eigenvalue weighted by atomic mass is 10.1. The molecule has 0 spiro atoms. The summed E-state index contributed by atoms with van der Waals surface area (Å²) < 4.78 is 36.6. The number of ether oxygens (including phenoxy) is 2.